The molecule has 0 fully saturated rings. The summed E-state index contributed by atoms with van der Waals surface area (Å²) in [5, 5.41) is 10.6. The van der Waals surface area contributed by atoms with E-state index < -0.39 is 4.92 Å². The molecule has 0 N–H and O–H groups in total. The first-order chi connectivity index (χ1) is 5.11. The van der Waals surface area contributed by atoms with Crippen molar-refractivity contribution in [2.24, 2.45) is 0 Å². The number of hydrogen-bond acceptors (Lipinski definition) is 2. The number of nitro benzene ring substituents is 1. The molecule has 1 aromatic carbocycles. The van der Waals surface area contributed by atoms with Gasteiger partial charge in [0.15, 0.2) is 0 Å². The van der Waals surface area contributed by atoms with Crippen molar-refractivity contribution in [3.05, 3.63) is 38.4 Å². The second-order valence-electron chi connectivity index (χ2n) is 1.77. The fourth-order valence-corrected chi connectivity index (χ4v) is 0.809. The molecule has 1 radical (unpaired) electrons. The molecular weight excluding hydrogens is 189 g/mol. The lowest BCUT2D eigenvalue weighted by atomic mass is 10.3. The van der Waals surface area contributed by atoms with Gasteiger partial charge < -0.3 is 0 Å². The normalized spacial score (nSPS) is 9.64. The quantitative estimate of drug-likeness (QED) is 0.505. The monoisotopic (exact) mass is 190 g/mol. The molecule has 57 valence electrons. The molecule has 1 aromatic rings. The third kappa shape index (κ3) is 1.82. The van der Waals surface area contributed by atoms with Gasteiger partial charge in [-0.25, -0.2) is 0 Å². The Morgan fingerprint density at radius 2 is 2.09 bits per heavy atom. The zero-order valence-electron chi connectivity index (χ0n) is 5.17. The highest BCUT2D eigenvalue weighted by molar-refractivity contribution is 6.42. The average Bonchev–Trinajstić information content (AvgIpc) is 1.94. The van der Waals surface area contributed by atoms with Crippen LogP contribution in [0.1, 0.15) is 0 Å². The number of rotatable bonds is 1. The maximum Gasteiger partial charge on any atom is 0.279 e. The Balaban J connectivity index is 3.15. The van der Waals surface area contributed by atoms with Crippen LogP contribution in [-0.4, -0.2) is 4.92 Å². The maximum atomic E-state index is 10.1. The van der Waals surface area contributed by atoms with E-state index in [2.05, 4.69) is 6.07 Å². The fourth-order valence-electron chi connectivity index (χ4n) is 0.542. The van der Waals surface area contributed by atoms with E-state index in [0.717, 1.165) is 6.07 Å². The molecule has 0 aliphatic carbocycles. The average molecular weight is 191 g/mol. The van der Waals surface area contributed by atoms with Crippen LogP contribution in [0.3, 0.4) is 0 Å². The molecule has 0 amide bonds. The van der Waals surface area contributed by atoms with E-state index in [9.17, 15) is 10.1 Å². The number of benzene rings is 1. The smallest absolute Gasteiger partial charge is 0.258 e. The SMILES string of the molecule is O=[N+]([O-])c1[c]cc(Cl)c(Cl)c1. The molecule has 0 spiro atoms. The highest BCUT2D eigenvalue weighted by Crippen LogP contribution is 2.25. The van der Waals surface area contributed by atoms with Crippen LogP contribution >= 0.6 is 23.2 Å². The summed E-state index contributed by atoms with van der Waals surface area (Å²) in [5.41, 5.74) is -0.181. The van der Waals surface area contributed by atoms with Gasteiger partial charge in [-0.3, -0.25) is 10.1 Å². The Bertz CT molecular complexity index is 301. The van der Waals surface area contributed by atoms with Gasteiger partial charge >= 0.3 is 0 Å². The Morgan fingerprint density at radius 1 is 1.45 bits per heavy atom. The summed E-state index contributed by atoms with van der Waals surface area (Å²) >= 11 is 11.0. The molecule has 0 atom stereocenters. The molecule has 0 bridgehead atoms. The van der Waals surface area contributed by atoms with Crippen LogP contribution in [-0.2, 0) is 0 Å². The molecule has 1 rings (SSSR count). The van der Waals surface area contributed by atoms with Gasteiger partial charge in [0.1, 0.15) is 0 Å². The molecule has 11 heavy (non-hydrogen) atoms. The highest BCUT2D eigenvalue weighted by Gasteiger charge is 2.07. The minimum atomic E-state index is -0.581. The van der Waals surface area contributed by atoms with E-state index in [1.807, 2.05) is 0 Å². The van der Waals surface area contributed by atoms with Crippen molar-refractivity contribution >= 4 is 28.9 Å². The molecule has 0 aliphatic rings. The minimum Gasteiger partial charge on any atom is -0.258 e. The Morgan fingerprint density at radius 3 is 2.55 bits per heavy atom. The summed E-state index contributed by atoms with van der Waals surface area (Å²) in [4.78, 5) is 9.56. The third-order valence-corrected chi connectivity index (χ3v) is 1.76. The van der Waals surface area contributed by atoms with Crippen LogP contribution in [0.25, 0.3) is 0 Å². The molecule has 5 heteroatoms. The molecule has 0 unspecified atom stereocenters. The molecule has 3 nitrogen and oxygen atoms in total. The summed E-state index contributed by atoms with van der Waals surface area (Å²) in [5.74, 6) is 0. The summed E-state index contributed by atoms with van der Waals surface area (Å²) in [6.07, 6.45) is 0. The summed E-state index contributed by atoms with van der Waals surface area (Å²) in [7, 11) is 0. The van der Waals surface area contributed by atoms with Crippen LogP contribution < -0.4 is 0 Å². The summed E-state index contributed by atoms with van der Waals surface area (Å²) < 4.78 is 0. The Kier molecular flexibility index (Phi) is 2.31. The van der Waals surface area contributed by atoms with Gasteiger partial charge in [0.25, 0.3) is 5.69 Å². The standard InChI is InChI=1S/C6H2Cl2NO2/c7-5-2-1-4(9(10)11)3-6(5)8/h2-3H. The van der Waals surface area contributed by atoms with E-state index in [0.29, 0.717) is 0 Å². The van der Waals surface area contributed by atoms with E-state index >= 15 is 0 Å². The van der Waals surface area contributed by atoms with Crippen LogP contribution in [0.5, 0.6) is 0 Å². The maximum absolute atomic E-state index is 10.1. The number of non-ortho nitro benzene ring substituents is 1. The second kappa shape index (κ2) is 3.07. The van der Waals surface area contributed by atoms with Gasteiger partial charge in [-0.2, -0.15) is 0 Å². The third-order valence-electron chi connectivity index (χ3n) is 1.04. The predicted molar refractivity (Wildman–Crippen MR) is 42.0 cm³/mol. The lowest BCUT2D eigenvalue weighted by Gasteiger charge is -1.92. The zero-order valence-corrected chi connectivity index (χ0v) is 6.69. The first-order valence-corrected chi connectivity index (χ1v) is 3.38. The topological polar surface area (TPSA) is 43.1 Å². The number of halogens is 2. The lowest BCUT2D eigenvalue weighted by molar-refractivity contribution is -0.385. The van der Waals surface area contributed by atoms with Crippen molar-refractivity contribution in [2.75, 3.05) is 0 Å². The van der Waals surface area contributed by atoms with E-state index in [1.54, 1.807) is 0 Å². The number of nitrogens with zero attached hydrogens (tertiary/aromatic N) is 1. The van der Waals surface area contributed by atoms with Crippen molar-refractivity contribution in [1.82, 2.24) is 0 Å². The largest absolute Gasteiger partial charge is 0.279 e. The van der Waals surface area contributed by atoms with Gasteiger partial charge in [0.05, 0.1) is 21.0 Å². The second-order valence-corrected chi connectivity index (χ2v) is 2.59. The molecule has 0 aromatic heterocycles. The summed E-state index contributed by atoms with van der Waals surface area (Å²) in [6.45, 7) is 0. The molecular formula is C6H2Cl2NO2. The van der Waals surface area contributed by atoms with Crippen LogP contribution in [0.4, 0.5) is 5.69 Å². The summed E-state index contributed by atoms with van der Waals surface area (Å²) in [6, 6.07) is 4.78. The van der Waals surface area contributed by atoms with Gasteiger partial charge in [0, 0.05) is 6.07 Å². The van der Waals surface area contributed by atoms with Crippen LogP contribution in [0.15, 0.2) is 12.1 Å². The number of nitro groups is 1. The van der Waals surface area contributed by atoms with E-state index in [-0.39, 0.29) is 15.7 Å². The molecule has 0 saturated heterocycles. The van der Waals surface area contributed by atoms with Gasteiger partial charge in [0.2, 0.25) is 0 Å². The van der Waals surface area contributed by atoms with Crippen molar-refractivity contribution in [1.29, 1.82) is 0 Å². The first kappa shape index (κ1) is 8.30. The van der Waals surface area contributed by atoms with Crippen LogP contribution in [0.2, 0.25) is 10.0 Å². The van der Waals surface area contributed by atoms with Crippen molar-refractivity contribution in [3.8, 4) is 0 Å². The number of hydrogen-bond donors (Lipinski definition) is 0. The molecule has 0 heterocycles. The Hall–Kier alpha value is -0.800. The minimum absolute atomic E-state index is 0.164. The molecule has 0 aliphatic heterocycles. The van der Waals surface area contributed by atoms with E-state index in [4.69, 9.17) is 23.2 Å². The van der Waals surface area contributed by atoms with E-state index in [1.165, 1.54) is 6.07 Å². The van der Waals surface area contributed by atoms with Crippen molar-refractivity contribution in [2.45, 2.75) is 0 Å². The highest BCUT2D eigenvalue weighted by atomic mass is 35.5. The van der Waals surface area contributed by atoms with Gasteiger partial charge in [-0.05, 0) is 6.07 Å². The predicted octanol–water partition coefficient (Wildman–Crippen LogP) is 2.70. The fraction of sp³-hybridized carbons (Fsp3) is 0. The van der Waals surface area contributed by atoms with Gasteiger partial charge in [-0.1, -0.05) is 23.2 Å². The zero-order chi connectivity index (χ0) is 8.43. The lowest BCUT2D eigenvalue weighted by Crippen LogP contribution is -1.87. The molecule has 0 saturated carbocycles. The van der Waals surface area contributed by atoms with Crippen molar-refractivity contribution < 1.29 is 4.92 Å². The Labute approximate surface area is 72.7 Å². The van der Waals surface area contributed by atoms with Crippen LogP contribution in [0, 0.1) is 16.2 Å². The first-order valence-electron chi connectivity index (χ1n) is 2.62. The van der Waals surface area contributed by atoms with Crippen molar-refractivity contribution in [3.63, 3.8) is 0 Å². The van der Waals surface area contributed by atoms with Gasteiger partial charge in [-0.15, -0.1) is 0 Å².